The van der Waals surface area contributed by atoms with E-state index in [1.807, 2.05) is 0 Å². The van der Waals surface area contributed by atoms with Gasteiger partial charge < -0.3 is 0 Å². The van der Waals surface area contributed by atoms with Gasteiger partial charge in [-0.3, -0.25) is 0 Å². The van der Waals surface area contributed by atoms with Crippen LogP contribution in [0.2, 0.25) is 0 Å². The summed E-state index contributed by atoms with van der Waals surface area (Å²) < 4.78 is 0. The van der Waals surface area contributed by atoms with E-state index in [4.69, 9.17) is 0 Å². The lowest BCUT2D eigenvalue weighted by molar-refractivity contribution is 0.331. The summed E-state index contributed by atoms with van der Waals surface area (Å²) in [5, 5.41) is 0. The topological polar surface area (TPSA) is 0 Å². The maximum absolute atomic E-state index is 4.29. The first kappa shape index (κ1) is 12.4. The average Bonchev–Trinajstić information content (AvgIpc) is 2.24. The van der Waals surface area contributed by atoms with E-state index in [0.717, 1.165) is 0 Å². The van der Waals surface area contributed by atoms with Crippen LogP contribution in [0.15, 0.2) is 23.1 Å². The minimum absolute atomic E-state index is 0.310. The molecule has 0 aliphatic heterocycles. The van der Waals surface area contributed by atoms with Crippen molar-refractivity contribution in [3.8, 4) is 0 Å². The normalized spacial score (nSPS) is 21.6. The summed E-state index contributed by atoms with van der Waals surface area (Å²) in [7, 11) is 1.54. The quantitative estimate of drug-likeness (QED) is 0.544. The molecule has 0 radical (unpaired) electrons. The van der Waals surface area contributed by atoms with Crippen molar-refractivity contribution < 1.29 is 0 Å². The van der Waals surface area contributed by atoms with E-state index in [0.29, 0.717) is 10.8 Å². The van der Waals surface area contributed by atoms with Crippen LogP contribution in [-0.2, 0) is 10.8 Å². The molecule has 0 heterocycles. The van der Waals surface area contributed by atoms with Gasteiger partial charge in [-0.1, -0.05) is 44.6 Å². The van der Waals surface area contributed by atoms with Gasteiger partial charge in [0.15, 0.2) is 0 Å². The Bertz CT molecular complexity index is 405. The first-order valence-electron chi connectivity index (χ1n) is 5.83. The second kappa shape index (κ2) is 3.99. The van der Waals surface area contributed by atoms with Crippen molar-refractivity contribution in [1.82, 2.24) is 0 Å². The van der Waals surface area contributed by atoms with Crippen LogP contribution in [0.3, 0.4) is 0 Å². The monoisotopic (exact) mass is 252 g/mol. The molecule has 88 valence electrons. The smallest absolute Gasteiger partial charge is 0.0183 e. The summed E-state index contributed by atoms with van der Waals surface area (Å²) in [6, 6.07) is 6.82. The molecule has 0 bridgehead atoms. The first-order valence-corrected chi connectivity index (χ1v) is 7.70. The van der Waals surface area contributed by atoms with E-state index in [1.165, 1.54) is 39.7 Å². The zero-order valence-corrected chi connectivity index (χ0v) is 12.2. The average molecular weight is 252 g/mol. The van der Waals surface area contributed by atoms with Gasteiger partial charge in [0.25, 0.3) is 0 Å². The highest BCUT2D eigenvalue weighted by molar-refractivity contribution is 8.68. The standard InChI is InChI=1S/C14H20S2/c1-13(2)7-8-14(3,4)12-9-10(16-15)5-6-11(12)13/h5-6,9,15H,7-8H2,1-4H3. The fourth-order valence-corrected chi connectivity index (χ4v) is 3.26. The Morgan fingerprint density at radius 3 is 2.12 bits per heavy atom. The Morgan fingerprint density at radius 2 is 1.56 bits per heavy atom. The zero-order valence-electron chi connectivity index (χ0n) is 10.5. The van der Waals surface area contributed by atoms with Gasteiger partial charge in [-0.05, 0) is 46.9 Å². The minimum Gasteiger partial charge on any atom is -0.106 e. The Morgan fingerprint density at radius 1 is 1.00 bits per heavy atom. The molecule has 1 aliphatic carbocycles. The Labute approximate surface area is 108 Å². The number of hydrogen-bond acceptors (Lipinski definition) is 2. The van der Waals surface area contributed by atoms with Crippen molar-refractivity contribution in [2.45, 2.75) is 56.3 Å². The van der Waals surface area contributed by atoms with Crippen molar-refractivity contribution in [3.63, 3.8) is 0 Å². The maximum Gasteiger partial charge on any atom is 0.0183 e. The lowest BCUT2D eigenvalue weighted by atomic mass is 9.63. The van der Waals surface area contributed by atoms with Crippen molar-refractivity contribution >= 4 is 22.5 Å². The van der Waals surface area contributed by atoms with Gasteiger partial charge in [0.2, 0.25) is 0 Å². The van der Waals surface area contributed by atoms with E-state index in [9.17, 15) is 0 Å². The Kier molecular flexibility index (Phi) is 3.09. The number of rotatable bonds is 1. The predicted molar refractivity (Wildman–Crippen MR) is 76.6 cm³/mol. The van der Waals surface area contributed by atoms with Gasteiger partial charge in [-0.2, -0.15) is 0 Å². The fourth-order valence-electron chi connectivity index (χ4n) is 2.62. The van der Waals surface area contributed by atoms with Crippen molar-refractivity contribution in [1.29, 1.82) is 0 Å². The van der Waals surface area contributed by atoms with Crippen LogP contribution < -0.4 is 0 Å². The van der Waals surface area contributed by atoms with Crippen LogP contribution in [0.5, 0.6) is 0 Å². The van der Waals surface area contributed by atoms with Gasteiger partial charge in [0.1, 0.15) is 0 Å². The van der Waals surface area contributed by atoms with Crippen LogP contribution in [0.1, 0.15) is 51.7 Å². The first-order chi connectivity index (χ1) is 7.37. The van der Waals surface area contributed by atoms with E-state index < -0.39 is 0 Å². The van der Waals surface area contributed by atoms with Gasteiger partial charge >= 0.3 is 0 Å². The highest BCUT2D eigenvalue weighted by atomic mass is 33.1. The van der Waals surface area contributed by atoms with E-state index in [-0.39, 0.29) is 0 Å². The molecule has 0 atom stereocenters. The largest absolute Gasteiger partial charge is 0.106 e. The second-order valence-electron chi connectivity index (χ2n) is 6.07. The second-order valence-corrected chi connectivity index (χ2v) is 7.27. The van der Waals surface area contributed by atoms with Gasteiger partial charge in [0, 0.05) is 4.90 Å². The van der Waals surface area contributed by atoms with Crippen molar-refractivity contribution in [2.24, 2.45) is 0 Å². The molecule has 0 saturated carbocycles. The van der Waals surface area contributed by atoms with Crippen LogP contribution in [0.4, 0.5) is 0 Å². The molecular formula is C14H20S2. The highest BCUT2D eigenvalue weighted by Gasteiger charge is 2.36. The number of hydrogen-bond donors (Lipinski definition) is 1. The molecule has 1 aromatic carbocycles. The molecule has 0 saturated heterocycles. The summed E-state index contributed by atoms with van der Waals surface area (Å²) in [6.45, 7) is 9.42. The summed E-state index contributed by atoms with van der Waals surface area (Å²) in [6.07, 6.45) is 2.55. The molecule has 0 nitrogen and oxygen atoms in total. The van der Waals surface area contributed by atoms with Crippen LogP contribution in [0.25, 0.3) is 0 Å². The lowest BCUT2D eigenvalue weighted by Gasteiger charge is -2.42. The van der Waals surface area contributed by atoms with E-state index >= 15 is 0 Å². The molecule has 2 rings (SSSR count). The summed E-state index contributed by atoms with van der Waals surface area (Å²) in [5.41, 5.74) is 3.67. The van der Waals surface area contributed by atoms with Crippen molar-refractivity contribution in [2.75, 3.05) is 0 Å². The fraction of sp³-hybridized carbons (Fsp3) is 0.571. The van der Waals surface area contributed by atoms with Gasteiger partial charge in [0.05, 0.1) is 0 Å². The molecule has 1 aliphatic rings. The number of fused-ring (bicyclic) bond motifs is 1. The van der Waals surface area contributed by atoms with Gasteiger partial charge in [-0.25, -0.2) is 0 Å². The third-order valence-electron chi connectivity index (χ3n) is 3.93. The van der Waals surface area contributed by atoms with Gasteiger partial charge in [-0.15, -0.1) is 11.7 Å². The molecule has 0 aromatic heterocycles. The van der Waals surface area contributed by atoms with E-state index in [1.54, 1.807) is 0 Å². The predicted octanol–water partition coefficient (Wildman–Crippen LogP) is 4.97. The third-order valence-corrected chi connectivity index (χ3v) is 5.03. The van der Waals surface area contributed by atoms with Crippen LogP contribution in [-0.4, -0.2) is 0 Å². The molecule has 16 heavy (non-hydrogen) atoms. The Hall–Kier alpha value is -0.0800. The highest BCUT2D eigenvalue weighted by Crippen LogP contribution is 2.46. The summed E-state index contributed by atoms with van der Waals surface area (Å²) >= 11 is 4.29. The molecule has 0 unspecified atom stereocenters. The number of benzene rings is 1. The molecule has 1 aromatic rings. The number of thiol groups is 1. The third kappa shape index (κ3) is 2.02. The lowest BCUT2D eigenvalue weighted by Crippen LogP contribution is -2.33. The van der Waals surface area contributed by atoms with E-state index in [2.05, 4.69) is 57.6 Å². The molecule has 2 heteroatoms. The molecule has 0 fully saturated rings. The van der Waals surface area contributed by atoms with Crippen molar-refractivity contribution in [3.05, 3.63) is 29.3 Å². The van der Waals surface area contributed by atoms with Crippen LogP contribution in [0, 0.1) is 0 Å². The molecule has 0 amide bonds. The molecule has 0 spiro atoms. The summed E-state index contributed by atoms with van der Waals surface area (Å²) in [5.74, 6) is 0. The Balaban J connectivity index is 2.60. The molecular weight excluding hydrogens is 232 g/mol. The SMILES string of the molecule is CC1(C)CCC(C)(C)c2cc(SS)ccc21. The maximum atomic E-state index is 4.29. The summed E-state index contributed by atoms with van der Waals surface area (Å²) in [4.78, 5) is 1.26. The molecule has 0 N–H and O–H groups in total. The van der Waals surface area contributed by atoms with Crippen LogP contribution >= 0.6 is 22.5 Å². The minimum atomic E-state index is 0.310. The zero-order chi connectivity index (χ0) is 12.0.